The first kappa shape index (κ1) is 19.5. The maximum atomic E-state index is 12.7. The molecule has 1 fully saturated rings. The van der Waals surface area contributed by atoms with Gasteiger partial charge in [-0.1, -0.05) is 41.4 Å². The Morgan fingerprint density at radius 1 is 0.889 bits per heavy atom. The molecule has 7 heteroatoms. The van der Waals surface area contributed by atoms with Gasteiger partial charge < -0.3 is 14.5 Å². The number of hydrogen-bond donors (Lipinski definition) is 0. The standard InChI is InChI=1S/C20H20Cl2N2O3/c21-17-8-7-15(13-18(17)22)20(26)24-10-4-9-23(11-12-24)19(25)14-27-16-5-2-1-3-6-16/h1-3,5-8,13H,4,9-12,14H2. The predicted octanol–water partition coefficient (Wildman–Crippen LogP) is 3.75. The molecule has 1 saturated heterocycles. The van der Waals surface area contributed by atoms with Gasteiger partial charge in [-0.25, -0.2) is 0 Å². The number of para-hydroxylation sites is 1. The van der Waals surface area contributed by atoms with Gasteiger partial charge >= 0.3 is 0 Å². The summed E-state index contributed by atoms with van der Waals surface area (Å²) in [5, 5.41) is 0.770. The smallest absolute Gasteiger partial charge is 0.260 e. The average molecular weight is 407 g/mol. The molecule has 0 aliphatic carbocycles. The van der Waals surface area contributed by atoms with Gasteiger partial charge in [0.1, 0.15) is 5.75 Å². The quantitative estimate of drug-likeness (QED) is 0.776. The number of hydrogen-bond acceptors (Lipinski definition) is 3. The zero-order valence-electron chi connectivity index (χ0n) is 14.7. The number of carbonyl (C=O) groups is 2. The summed E-state index contributed by atoms with van der Waals surface area (Å²) in [5.74, 6) is 0.475. The Bertz CT molecular complexity index is 814. The third-order valence-electron chi connectivity index (χ3n) is 4.41. The lowest BCUT2D eigenvalue weighted by Crippen LogP contribution is -2.39. The van der Waals surface area contributed by atoms with Crippen LogP contribution in [0.5, 0.6) is 5.75 Å². The normalized spacial score (nSPS) is 14.6. The van der Waals surface area contributed by atoms with E-state index >= 15 is 0 Å². The van der Waals surface area contributed by atoms with Crippen molar-refractivity contribution in [1.82, 2.24) is 9.80 Å². The van der Waals surface area contributed by atoms with E-state index in [1.807, 2.05) is 30.3 Å². The molecule has 2 amide bonds. The number of rotatable bonds is 4. The van der Waals surface area contributed by atoms with Crippen LogP contribution in [0.3, 0.4) is 0 Å². The molecule has 1 aliphatic rings. The molecular weight excluding hydrogens is 387 g/mol. The van der Waals surface area contributed by atoms with Crippen LogP contribution in [0, 0.1) is 0 Å². The fraction of sp³-hybridized carbons (Fsp3) is 0.300. The van der Waals surface area contributed by atoms with Gasteiger partial charge in [-0.2, -0.15) is 0 Å². The van der Waals surface area contributed by atoms with Crippen molar-refractivity contribution in [3.05, 3.63) is 64.1 Å². The van der Waals surface area contributed by atoms with Gasteiger partial charge in [0.2, 0.25) is 0 Å². The zero-order chi connectivity index (χ0) is 19.2. The van der Waals surface area contributed by atoms with Gasteiger partial charge in [0.15, 0.2) is 6.61 Å². The summed E-state index contributed by atoms with van der Waals surface area (Å²) in [6.07, 6.45) is 0.712. The Labute approximate surface area is 168 Å². The lowest BCUT2D eigenvalue weighted by molar-refractivity contribution is -0.133. The molecule has 5 nitrogen and oxygen atoms in total. The minimum absolute atomic E-state index is 0.00917. The van der Waals surface area contributed by atoms with Crippen LogP contribution in [0.25, 0.3) is 0 Å². The van der Waals surface area contributed by atoms with Gasteiger partial charge in [0.05, 0.1) is 10.0 Å². The summed E-state index contributed by atoms with van der Waals surface area (Å²) < 4.78 is 5.53. The first-order valence-corrected chi connectivity index (χ1v) is 9.50. The van der Waals surface area contributed by atoms with E-state index in [2.05, 4.69) is 0 Å². The highest BCUT2D eigenvalue weighted by molar-refractivity contribution is 6.42. The molecule has 1 heterocycles. The number of nitrogens with zero attached hydrogens (tertiary/aromatic N) is 2. The maximum Gasteiger partial charge on any atom is 0.260 e. The molecule has 0 saturated carbocycles. The Kier molecular flexibility index (Phi) is 6.58. The van der Waals surface area contributed by atoms with Crippen LogP contribution in [0.2, 0.25) is 10.0 Å². The fourth-order valence-corrected chi connectivity index (χ4v) is 3.23. The Morgan fingerprint density at radius 2 is 1.59 bits per heavy atom. The van der Waals surface area contributed by atoms with Crippen molar-refractivity contribution in [2.75, 3.05) is 32.8 Å². The minimum atomic E-state index is -0.108. The van der Waals surface area contributed by atoms with E-state index in [1.165, 1.54) is 0 Å². The molecule has 0 radical (unpaired) electrons. The molecule has 0 bridgehead atoms. The van der Waals surface area contributed by atoms with Crippen LogP contribution in [0.15, 0.2) is 48.5 Å². The van der Waals surface area contributed by atoms with Crippen molar-refractivity contribution in [2.45, 2.75) is 6.42 Å². The van der Waals surface area contributed by atoms with Crippen LogP contribution in [0.1, 0.15) is 16.8 Å². The molecule has 0 atom stereocenters. The Balaban J connectivity index is 1.55. The summed E-state index contributed by atoms with van der Waals surface area (Å²) in [4.78, 5) is 28.6. The summed E-state index contributed by atoms with van der Waals surface area (Å²) in [5.41, 5.74) is 0.497. The number of halogens is 2. The number of benzene rings is 2. The number of carbonyl (C=O) groups excluding carboxylic acids is 2. The van der Waals surface area contributed by atoms with E-state index in [0.29, 0.717) is 54.0 Å². The second-order valence-electron chi connectivity index (χ2n) is 6.26. The molecule has 0 N–H and O–H groups in total. The van der Waals surface area contributed by atoms with E-state index in [-0.39, 0.29) is 18.4 Å². The second-order valence-corrected chi connectivity index (χ2v) is 7.07. The first-order chi connectivity index (χ1) is 13.0. The summed E-state index contributed by atoms with van der Waals surface area (Å²) in [6, 6.07) is 14.1. The van der Waals surface area contributed by atoms with Gasteiger partial charge in [-0.3, -0.25) is 9.59 Å². The van der Waals surface area contributed by atoms with E-state index in [0.717, 1.165) is 0 Å². The topological polar surface area (TPSA) is 49.9 Å². The zero-order valence-corrected chi connectivity index (χ0v) is 16.2. The Morgan fingerprint density at radius 3 is 2.33 bits per heavy atom. The fourth-order valence-electron chi connectivity index (χ4n) is 2.93. The van der Waals surface area contributed by atoms with Crippen LogP contribution >= 0.6 is 23.2 Å². The van der Waals surface area contributed by atoms with E-state index in [4.69, 9.17) is 27.9 Å². The molecule has 142 valence electrons. The van der Waals surface area contributed by atoms with Crippen LogP contribution in [0.4, 0.5) is 0 Å². The average Bonchev–Trinajstić information content (AvgIpc) is 2.95. The van der Waals surface area contributed by atoms with Crippen LogP contribution in [-0.2, 0) is 4.79 Å². The van der Waals surface area contributed by atoms with Gasteiger partial charge in [-0.05, 0) is 36.8 Å². The highest BCUT2D eigenvalue weighted by Crippen LogP contribution is 2.23. The predicted molar refractivity (Wildman–Crippen MR) is 105 cm³/mol. The van der Waals surface area contributed by atoms with Crippen LogP contribution in [-0.4, -0.2) is 54.4 Å². The first-order valence-electron chi connectivity index (χ1n) is 8.74. The lowest BCUT2D eigenvalue weighted by atomic mass is 10.2. The third-order valence-corrected chi connectivity index (χ3v) is 5.15. The molecule has 0 aromatic heterocycles. The number of ether oxygens (including phenoxy) is 1. The van der Waals surface area contributed by atoms with Gasteiger partial charge in [0, 0.05) is 31.7 Å². The maximum absolute atomic E-state index is 12.7. The van der Waals surface area contributed by atoms with Crippen molar-refractivity contribution in [3.8, 4) is 5.75 Å². The number of amides is 2. The van der Waals surface area contributed by atoms with Gasteiger partial charge in [0.25, 0.3) is 11.8 Å². The minimum Gasteiger partial charge on any atom is -0.484 e. The van der Waals surface area contributed by atoms with E-state index < -0.39 is 0 Å². The Hall–Kier alpha value is -2.24. The SMILES string of the molecule is O=C(COc1ccccc1)N1CCCN(C(=O)c2ccc(Cl)c(Cl)c2)CC1. The molecule has 0 unspecified atom stereocenters. The van der Waals surface area contributed by atoms with E-state index in [1.54, 1.807) is 28.0 Å². The molecule has 0 spiro atoms. The molecule has 2 aromatic rings. The monoisotopic (exact) mass is 406 g/mol. The lowest BCUT2D eigenvalue weighted by Gasteiger charge is -2.22. The molecule has 2 aromatic carbocycles. The molecular formula is C20H20Cl2N2O3. The van der Waals surface area contributed by atoms with Crippen LogP contribution < -0.4 is 4.74 Å². The highest BCUT2D eigenvalue weighted by atomic mass is 35.5. The summed E-state index contributed by atoms with van der Waals surface area (Å²) >= 11 is 11.9. The van der Waals surface area contributed by atoms with Crippen molar-refractivity contribution >= 4 is 35.0 Å². The molecule has 27 heavy (non-hydrogen) atoms. The molecule has 1 aliphatic heterocycles. The second kappa shape index (κ2) is 9.11. The van der Waals surface area contributed by atoms with Gasteiger partial charge in [-0.15, -0.1) is 0 Å². The van der Waals surface area contributed by atoms with E-state index in [9.17, 15) is 9.59 Å². The largest absolute Gasteiger partial charge is 0.484 e. The van der Waals surface area contributed by atoms with Crippen molar-refractivity contribution in [3.63, 3.8) is 0 Å². The van der Waals surface area contributed by atoms with Crippen molar-refractivity contribution in [1.29, 1.82) is 0 Å². The summed E-state index contributed by atoms with van der Waals surface area (Å²) in [6.45, 7) is 2.12. The van der Waals surface area contributed by atoms with Crippen molar-refractivity contribution < 1.29 is 14.3 Å². The third kappa shape index (κ3) is 5.15. The highest BCUT2D eigenvalue weighted by Gasteiger charge is 2.23. The summed E-state index contributed by atoms with van der Waals surface area (Å²) in [7, 11) is 0. The van der Waals surface area contributed by atoms with Crippen molar-refractivity contribution in [2.24, 2.45) is 0 Å². The molecule has 3 rings (SSSR count).